The zero-order valence-corrected chi connectivity index (χ0v) is 11.2. The molecule has 2 rings (SSSR count). The van der Waals surface area contributed by atoms with E-state index in [0.717, 1.165) is 5.69 Å². The molecule has 0 aromatic heterocycles. The fourth-order valence-electron chi connectivity index (χ4n) is 1.87. The molecule has 0 amide bonds. The first-order valence-electron chi connectivity index (χ1n) is 5.58. The molecule has 5 heteroatoms. The number of hydrogen-bond acceptors (Lipinski definition) is 3. The summed E-state index contributed by atoms with van der Waals surface area (Å²) in [7, 11) is 0. The van der Waals surface area contributed by atoms with Gasteiger partial charge >= 0.3 is 0 Å². The van der Waals surface area contributed by atoms with E-state index in [1.165, 1.54) is 12.2 Å². The highest BCUT2D eigenvalue weighted by molar-refractivity contribution is 8.00. The van der Waals surface area contributed by atoms with Gasteiger partial charge in [0, 0.05) is 21.9 Å². The van der Waals surface area contributed by atoms with Crippen LogP contribution in [0.3, 0.4) is 0 Å². The van der Waals surface area contributed by atoms with Crippen LogP contribution < -0.4 is 5.32 Å². The molecule has 0 spiro atoms. The minimum absolute atomic E-state index is 0.494. The molecule has 1 aliphatic rings. The second kappa shape index (κ2) is 5.96. The number of halogens is 2. The molecule has 1 fully saturated rings. The van der Waals surface area contributed by atoms with Gasteiger partial charge in [0.25, 0.3) is 5.76 Å². The van der Waals surface area contributed by atoms with E-state index in [4.69, 9.17) is 0 Å². The Balaban J connectivity index is 1.93. The van der Waals surface area contributed by atoms with Crippen molar-refractivity contribution in [2.75, 3.05) is 11.1 Å². The van der Waals surface area contributed by atoms with Gasteiger partial charge in [-0.25, -0.2) is 0 Å². The second-order valence-electron chi connectivity index (χ2n) is 4.02. The van der Waals surface area contributed by atoms with Crippen LogP contribution in [0.5, 0.6) is 0 Å². The summed E-state index contributed by atoms with van der Waals surface area (Å²) in [5.41, 5.74) is 1.02. The average molecular weight is 275 g/mol. The van der Waals surface area contributed by atoms with E-state index in [1.807, 2.05) is 23.9 Å². The Labute approximate surface area is 109 Å². The molecular weight excluding hydrogens is 260 g/mol. The Kier molecular flexibility index (Phi) is 4.56. The van der Waals surface area contributed by atoms with Crippen LogP contribution in [0.2, 0.25) is 0 Å². The summed E-state index contributed by atoms with van der Waals surface area (Å²) in [6.45, 7) is 2.22. The number of nitrogens with one attached hydrogen (secondary N) is 1. The monoisotopic (exact) mass is 275 g/mol. The topological polar surface area (TPSA) is 12.0 Å². The lowest BCUT2D eigenvalue weighted by Gasteiger charge is -2.18. The van der Waals surface area contributed by atoms with Gasteiger partial charge in [-0.15, -0.1) is 0 Å². The Bertz CT molecular complexity index is 356. The van der Waals surface area contributed by atoms with Crippen molar-refractivity contribution in [3.63, 3.8) is 0 Å². The third kappa shape index (κ3) is 3.78. The molecule has 2 atom stereocenters. The first kappa shape index (κ1) is 13.0. The summed E-state index contributed by atoms with van der Waals surface area (Å²) < 4.78 is 24.3. The number of rotatable bonds is 4. The van der Waals surface area contributed by atoms with Crippen LogP contribution >= 0.6 is 23.5 Å². The van der Waals surface area contributed by atoms with Gasteiger partial charge in [-0.1, -0.05) is 18.7 Å². The molecule has 1 N–H and O–H groups in total. The van der Waals surface area contributed by atoms with Crippen molar-refractivity contribution in [3.8, 4) is 0 Å². The van der Waals surface area contributed by atoms with Gasteiger partial charge in [-0.05, 0) is 36.4 Å². The molecule has 0 saturated carbocycles. The van der Waals surface area contributed by atoms with Crippen molar-refractivity contribution >= 4 is 29.2 Å². The third-order valence-electron chi connectivity index (χ3n) is 2.81. The van der Waals surface area contributed by atoms with E-state index in [9.17, 15) is 8.78 Å². The van der Waals surface area contributed by atoms with Gasteiger partial charge in [-0.2, -0.15) is 20.5 Å². The molecule has 1 nitrogen and oxygen atoms in total. The first-order valence-corrected chi connectivity index (χ1v) is 7.51. The lowest BCUT2D eigenvalue weighted by Crippen LogP contribution is -2.24. The van der Waals surface area contributed by atoms with Gasteiger partial charge in [-0.3, -0.25) is 0 Å². The fraction of sp³-hybridized carbons (Fsp3) is 0.500. The molecule has 1 aromatic carbocycles. The van der Waals surface area contributed by atoms with Crippen molar-refractivity contribution < 1.29 is 8.78 Å². The normalized spacial score (nSPS) is 24.2. The molecule has 1 saturated heterocycles. The predicted octanol–water partition coefficient (Wildman–Crippen LogP) is 4.31. The van der Waals surface area contributed by atoms with Gasteiger partial charge in [0.05, 0.1) is 0 Å². The highest BCUT2D eigenvalue weighted by Crippen LogP contribution is 2.30. The maximum Gasteiger partial charge on any atom is 0.288 e. The van der Waals surface area contributed by atoms with Crippen molar-refractivity contribution in [2.45, 2.75) is 35.3 Å². The third-order valence-corrected chi connectivity index (χ3v) is 4.86. The Morgan fingerprint density at radius 3 is 2.59 bits per heavy atom. The van der Waals surface area contributed by atoms with E-state index < -0.39 is 5.76 Å². The molecule has 0 bridgehead atoms. The van der Waals surface area contributed by atoms with Gasteiger partial charge in [0.2, 0.25) is 0 Å². The number of hydrogen-bond donors (Lipinski definition) is 1. The van der Waals surface area contributed by atoms with Crippen LogP contribution in [-0.4, -0.2) is 22.8 Å². The number of benzene rings is 1. The maximum atomic E-state index is 12.1. The molecule has 1 aromatic rings. The van der Waals surface area contributed by atoms with Crippen molar-refractivity contribution in [1.29, 1.82) is 0 Å². The zero-order chi connectivity index (χ0) is 12.3. The number of alkyl halides is 2. The first-order chi connectivity index (χ1) is 8.15. The Morgan fingerprint density at radius 2 is 2.06 bits per heavy atom. The molecule has 1 heterocycles. The zero-order valence-electron chi connectivity index (χ0n) is 9.53. The summed E-state index contributed by atoms with van der Waals surface area (Å²) in [5.74, 6) is -1.15. The second-order valence-corrected chi connectivity index (χ2v) is 6.57. The van der Waals surface area contributed by atoms with Crippen LogP contribution in [-0.2, 0) is 0 Å². The highest BCUT2D eigenvalue weighted by Gasteiger charge is 2.23. The fourth-order valence-corrected chi connectivity index (χ4v) is 3.57. The number of thioether (sulfide) groups is 2. The van der Waals surface area contributed by atoms with Crippen LogP contribution in [0.25, 0.3) is 0 Å². The van der Waals surface area contributed by atoms with E-state index in [-0.39, 0.29) is 0 Å². The van der Waals surface area contributed by atoms with Crippen LogP contribution in [0, 0.1) is 0 Å². The minimum Gasteiger partial charge on any atom is -0.381 e. The van der Waals surface area contributed by atoms with Crippen LogP contribution in [0.1, 0.15) is 13.3 Å². The molecule has 17 heavy (non-hydrogen) atoms. The smallest absolute Gasteiger partial charge is 0.288 e. The van der Waals surface area contributed by atoms with Crippen molar-refractivity contribution in [2.24, 2.45) is 0 Å². The lowest BCUT2D eigenvalue weighted by atomic mass is 10.1. The van der Waals surface area contributed by atoms with Gasteiger partial charge in [0.15, 0.2) is 0 Å². The standard InChI is InChI=1S/C12H15F2NS2/c1-8-11(6-7-16-8)15-9-2-4-10(5-3-9)17-12(13)14/h2-5,8,11-12,15H,6-7H2,1H3. The van der Waals surface area contributed by atoms with Gasteiger partial charge < -0.3 is 5.32 Å². The Morgan fingerprint density at radius 1 is 1.35 bits per heavy atom. The van der Waals surface area contributed by atoms with E-state index >= 15 is 0 Å². The molecule has 1 aliphatic heterocycles. The van der Waals surface area contributed by atoms with Gasteiger partial charge in [0.1, 0.15) is 0 Å². The molecule has 0 aliphatic carbocycles. The van der Waals surface area contributed by atoms with E-state index in [0.29, 0.717) is 27.9 Å². The summed E-state index contributed by atoms with van der Waals surface area (Å²) >= 11 is 2.56. The van der Waals surface area contributed by atoms with E-state index in [2.05, 4.69) is 12.2 Å². The maximum absolute atomic E-state index is 12.1. The van der Waals surface area contributed by atoms with Crippen LogP contribution in [0.4, 0.5) is 14.5 Å². The predicted molar refractivity (Wildman–Crippen MR) is 72.3 cm³/mol. The molecule has 0 radical (unpaired) electrons. The lowest BCUT2D eigenvalue weighted by molar-refractivity contribution is 0.252. The molecular formula is C12H15F2NS2. The minimum atomic E-state index is -2.35. The summed E-state index contributed by atoms with van der Waals surface area (Å²) in [5, 5.41) is 4.07. The van der Waals surface area contributed by atoms with Crippen LogP contribution in [0.15, 0.2) is 29.2 Å². The summed E-state index contributed by atoms with van der Waals surface area (Å²) in [4.78, 5) is 0.611. The highest BCUT2D eigenvalue weighted by atomic mass is 32.2. The average Bonchev–Trinajstić information content (AvgIpc) is 2.67. The summed E-state index contributed by atoms with van der Waals surface area (Å²) in [6, 6.07) is 7.73. The number of anilines is 1. The van der Waals surface area contributed by atoms with Crippen molar-refractivity contribution in [3.05, 3.63) is 24.3 Å². The largest absolute Gasteiger partial charge is 0.381 e. The van der Waals surface area contributed by atoms with E-state index in [1.54, 1.807) is 12.1 Å². The molecule has 2 unspecified atom stereocenters. The van der Waals surface area contributed by atoms with Crippen molar-refractivity contribution in [1.82, 2.24) is 0 Å². The summed E-state index contributed by atoms with van der Waals surface area (Å²) in [6.07, 6.45) is 1.17. The Hall–Kier alpha value is -0.420. The quantitative estimate of drug-likeness (QED) is 0.822. The SMILES string of the molecule is CC1SCCC1Nc1ccc(SC(F)F)cc1. The molecule has 94 valence electrons.